The van der Waals surface area contributed by atoms with Crippen LogP contribution in [0.2, 0.25) is 5.02 Å². The van der Waals surface area contributed by atoms with E-state index in [1.54, 1.807) is 27.6 Å². The molecule has 11 heteroatoms. The van der Waals surface area contributed by atoms with Gasteiger partial charge in [0.15, 0.2) is 5.75 Å². The Bertz CT molecular complexity index is 1490. The number of methoxy groups -OCH3 is 1. The average Bonchev–Trinajstić information content (AvgIpc) is 3.07. The maximum Gasteiger partial charge on any atom is 0.260 e. The Hall–Kier alpha value is -3.92. The van der Waals surface area contributed by atoms with E-state index in [0.29, 0.717) is 30.0 Å². The van der Waals surface area contributed by atoms with Crippen molar-refractivity contribution in [2.45, 2.75) is 19.9 Å². The van der Waals surface area contributed by atoms with Crippen LogP contribution < -0.4 is 9.47 Å². The molecule has 1 atom stereocenters. The SMILES string of the molecule is C=CC(=O)N1CCN2C(=O)c3c(-c4c(C)nn(C)c4C)nc(-c4c(F)cccc4OC)c(Cl)c3OC[C@H]2C1. The first-order chi connectivity index (χ1) is 18.2. The summed E-state index contributed by atoms with van der Waals surface area (Å²) in [6, 6.07) is 4.01. The number of rotatable bonds is 4. The minimum atomic E-state index is -0.583. The highest BCUT2D eigenvalue weighted by molar-refractivity contribution is 6.35. The molecule has 3 aromatic rings. The van der Waals surface area contributed by atoms with E-state index < -0.39 is 11.9 Å². The number of carbonyl (C=O) groups is 2. The van der Waals surface area contributed by atoms with Gasteiger partial charge in [0, 0.05) is 37.9 Å². The second-order valence-electron chi connectivity index (χ2n) is 9.27. The van der Waals surface area contributed by atoms with Crippen molar-refractivity contribution in [3.63, 3.8) is 0 Å². The average molecular weight is 540 g/mol. The molecular weight excluding hydrogens is 513 g/mol. The Labute approximate surface area is 224 Å². The molecule has 1 aromatic carbocycles. The van der Waals surface area contributed by atoms with Crippen molar-refractivity contribution >= 4 is 23.4 Å². The van der Waals surface area contributed by atoms with E-state index in [1.165, 1.54) is 25.3 Å². The lowest BCUT2D eigenvalue weighted by Crippen LogP contribution is -2.57. The van der Waals surface area contributed by atoms with E-state index in [9.17, 15) is 9.59 Å². The number of fused-ring (bicyclic) bond motifs is 2. The smallest absolute Gasteiger partial charge is 0.260 e. The Morgan fingerprint density at radius 1 is 1.24 bits per heavy atom. The summed E-state index contributed by atoms with van der Waals surface area (Å²) >= 11 is 6.86. The van der Waals surface area contributed by atoms with Crippen molar-refractivity contribution in [2.75, 3.05) is 33.4 Å². The number of aromatic nitrogens is 3. The standard InChI is InChI=1S/C27H27ClFN5O4/c1-6-19(35)33-10-11-34-16(12-33)13-38-26-22(27(34)36)24(20-14(2)31-32(4)15(20)3)30-25(23(26)28)21-17(29)8-7-9-18(21)37-5/h6-9,16H,1,10-13H2,2-5H3/t16-/m1/s1. The fourth-order valence-electron chi connectivity index (χ4n) is 5.16. The molecule has 0 N–H and O–H groups in total. The lowest BCUT2D eigenvalue weighted by Gasteiger charge is -2.39. The van der Waals surface area contributed by atoms with Crippen LogP contribution in [-0.2, 0) is 11.8 Å². The molecule has 0 radical (unpaired) electrons. The molecule has 0 unspecified atom stereocenters. The summed E-state index contributed by atoms with van der Waals surface area (Å²) in [6.07, 6.45) is 1.25. The number of halogens is 2. The van der Waals surface area contributed by atoms with Crippen molar-refractivity contribution in [3.8, 4) is 34.0 Å². The predicted molar refractivity (Wildman–Crippen MR) is 140 cm³/mol. The van der Waals surface area contributed by atoms with Crippen molar-refractivity contribution < 1.29 is 23.5 Å². The first-order valence-corrected chi connectivity index (χ1v) is 12.5. The van der Waals surface area contributed by atoms with Gasteiger partial charge in [-0.25, -0.2) is 9.37 Å². The van der Waals surface area contributed by atoms with Crippen molar-refractivity contribution in [1.82, 2.24) is 24.6 Å². The number of aryl methyl sites for hydroxylation is 2. The molecule has 2 aliphatic rings. The second kappa shape index (κ2) is 9.75. The number of nitrogens with zero attached hydrogens (tertiary/aromatic N) is 5. The van der Waals surface area contributed by atoms with Gasteiger partial charge in [-0.1, -0.05) is 24.2 Å². The molecule has 0 saturated carbocycles. The third-order valence-corrected chi connectivity index (χ3v) is 7.49. The number of amides is 2. The summed E-state index contributed by atoms with van der Waals surface area (Å²) in [5.74, 6) is -0.774. The molecule has 1 fully saturated rings. The van der Waals surface area contributed by atoms with Gasteiger partial charge in [-0.2, -0.15) is 5.10 Å². The van der Waals surface area contributed by atoms with Crippen molar-refractivity contribution in [3.05, 3.63) is 58.6 Å². The van der Waals surface area contributed by atoms with Gasteiger partial charge in [0.2, 0.25) is 5.91 Å². The third kappa shape index (κ3) is 3.99. The molecule has 2 aliphatic heterocycles. The summed E-state index contributed by atoms with van der Waals surface area (Å²) in [5, 5.41) is 4.51. The van der Waals surface area contributed by atoms with E-state index in [1.807, 2.05) is 13.8 Å². The maximum atomic E-state index is 15.2. The zero-order chi connectivity index (χ0) is 27.3. The molecule has 2 aromatic heterocycles. The highest BCUT2D eigenvalue weighted by Gasteiger charge is 2.40. The molecule has 4 heterocycles. The predicted octanol–water partition coefficient (Wildman–Crippen LogP) is 3.80. The minimum absolute atomic E-state index is 0.00133. The first kappa shape index (κ1) is 25.7. The Morgan fingerprint density at radius 3 is 2.66 bits per heavy atom. The molecular formula is C27H27ClFN5O4. The summed E-state index contributed by atoms with van der Waals surface area (Å²) < 4.78 is 28.6. The Balaban J connectivity index is 1.76. The Kier molecular flexibility index (Phi) is 6.60. The lowest BCUT2D eigenvalue weighted by atomic mass is 9.98. The third-order valence-electron chi connectivity index (χ3n) is 7.14. The summed E-state index contributed by atoms with van der Waals surface area (Å²) in [4.78, 5) is 34.5. The van der Waals surface area contributed by atoms with E-state index in [0.717, 1.165) is 5.69 Å². The highest BCUT2D eigenvalue weighted by Crippen LogP contribution is 2.46. The largest absolute Gasteiger partial charge is 0.496 e. The number of ether oxygens (including phenoxy) is 2. The van der Waals surface area contributed by atoms with Crippen LogP contribution in [0.5, 0.6) is 11.5 Å². The summed E-state index contributed by atoms with van der Waals surface area (Å²) in [6.45, 7) is 8.27. The molecule has 0 aliphatic carbocycles. The molecule has 5 rings (SSSR count). The molecule has 0 bridgehead atoms. The number of carbonyl (C=O) groups excluding carboxylic acids is 2. The fourth-order valence-corrected chi connectivity index (χ4v) is 5.45. The van der Waals surface area contributed by atoms with Gasteiger partial charge >= 0.3 is 0 Å². The fraction of sp³-hybridized carbons (Fsp3) is 0.333. The molecule has 38 heavy (non-hydrogen) atoms. The van der Waals surface area contributed by atoms with Crippen LogP contribution in [0.25, 0.3) is 22.5 Å². The lowest BCUT2D eigenvalue weighted by molar-refractivity contribution is -0.128. The second-order valence-corrected chi connectivity index (χ2v) is 9.64. The number of benzene rings is 1. The Morgan fingerprint density at radius 2 is 2.00 bits per heavy atom. The van der Waals surface area contributed by atoms with E-state index >= 15 is 4.39 Å². The van der Waals surface area contributed by atoms with Gasteiger partial charge in [0.25, 0.3) is 5.91 Å². The van der Waals surface area contributed by atoms with Gasteiger partial charge in [-0.3, -0.25) is 14.3 Å². The monoisotopic (exact) mass is 539 g/mol. The minimum Gasteiger partial charge on any atom is -0.496 e. The topological polar surface area (TPSA) is 89.8 Å². The first-order valence-electron chi connectivity index (χ1n) is 12.1. The highest BCUT2D eigenvalue weighted by atomic mass is 35.5. The van der Waals surface area contributed by atoms with Gasteiger partial charge in [0.1, 0.15) is 34.5 Å². The van der Waals surface area contributed by atoms with Gasteiger partial charge < -0.3 is 19.3 Å². The summed E-state index contributed by atoms with van der Waals surface area (Å²) in [7, 11) is 3.23. The maximum absolute atomic E-state index is 15.2. The molecule has 2 amide bonds. The van der Waals surface area contributed by atoms with Crippen LogP contribution in [0.3, 0.4) is 0 Å². The van der Waals surface area contributed by atoms with E-state index in [4.69, 9.17) is 26.1 Å². The summed E-state index contributed by atoms with van der Waals surface area (Å²) in [5.41, 5.74) is 2.66. The van der Waals surface area contributed by atoms with Gasteiger partial charge in [-0.15, -0.1) is 0 Å². The zero-order valence-corrected chi connectivity index (χ0v) is 22.3. The molecule has 198 valence electrons. The normalized spacial score (nSPS) is 16.9. The van der Waals surface area contributed by atoms with Crippen LogP contribution in [-0.4, -0.2) is 75.8 Å². The number of hydrogen-bond acceptors (Lipinski definition) is 6. The molecule has 0 spiro atoms. The van der Waals surface area contributed by atoms with E-state index in [2.05, 4.69) is 11.7 Å². The van der Waals surface area contributed by atoms with Crippen LogP contribution >= 0.6 is 11.6 Å². The number of hydrogen-bond donors (Lipinski definition) is 0. The van der Waals surface area contributed by atoms with Crippen molar-refractivity contribution in [2.24, 2.45) is 7.05 Å². The van der Waals surface area contributed by atoms with Crippen LogP contribution in [0.15, 0.2) is 30.9 Å². The van der Waals surface area contributed by atoms with Crippen LogP contribution in [0.4, 0.5) is 4.39 Å². The van der Waals surface area contributed by atoms with Crippen LogP contribution in [0.1, 0.15) is 21.7 Å². The molecule has 9 nitrogen and oxygen atoms in total. The number of pyridine rings is 1. The van der Waals surface area contributed by atoms with Gasteiger partial charge in [-0.05, 0) is 32.1 Å². The quantitative estimate of drug-likeness (QED) is 0.469. The van der Waals surface area contributed by atoms with Gasteiger partial charge in [0.05, 0.1) is 30.1 Å². The zero-order valence-electron chi connectivity index (χ0n) is 21.5. The number of piperazine rings is 1. The molecule has 1 saturated heterocycles. The van der Waals surface area contributed by atoms with E-state index in [-0.39, 0.29) is 58.3 Å². The van der Waals surface area contributed by atoms with Crippen molar-refractivity contribution in [1.29, 1.82) is 0 Å². The van der Waals surface area contributed by atoms with Crippen LogP contribution in [0, 0.1) is 19.7 Å².